The molecule has 0 radical (unpaired) electrons. The van der Waals surface area contributed by atoms with E-state index in [-0.39, 0.29) is 5.82 Å². The maximum absolute atomic E-state index is 12.8. The number of nitrogens with two attached hydrogens (primary N) is 1. The minimum absolute atomic E-state index is 0.172. The third-order valence-corrected chi connectivity index (χ3v) is 3.63. The van der Waals surface area contributed by atoms with Crippen LogP contribution in [0.4, 0.5) is 4.39 Å². The van der Waals surface area contributed by atoms with Crippen molar-refractivity contribution in [3.8, 4) is 0 Å². The minimum atomic E-state index is -0.172. The first kappa shape index (κ1) is 12.5. The topological polar surface area (TPSA) is 29.3 Å². The lowest BCUT2D eigenvalue weighted by molar-refractivity contribution is 0.259. The summed E-state index contributed by atoms with van der Waals surface area (Å²) in [7, 11) is 2.11. The quantitative estimate of drug-likeness (QED) is 0.869. The van der Waals surface area contributed by atoms with Gasteiger partial charge in [0.2, 0.25) is 0 Å². The van der Waals surface area contributed by atoms with Gasteiger partial charge in [0.1, 0.15) is 5.82 Å². The van der Waals surface area contributed by atoms with Gasteiger partial charge in [-0.2, -0.15) is 0 Å². The van der Waals surface area contributed by atoms with Gasteiger partial charge in [0.15, 0.2) is 0 Å². The average molecular weight is 236 g/mol. The number of benzene rings is 1. The zero-order chi connectivity index (χ0) is 12.3. The van der Waals surface area contributed by atoms with Crippen molar-refractivity contribution in [3.05, 3.63) is 35.6 Å². The van der Waals surface area contributed by atoms with Crippen LogP contribution in [0, 0.1) is 11.7 Å². The molecule has 2 unspecified atom stereocenters. The predicted molar refractivity (Wildman–Crippen MR) is 68.1 cm³/mol. The molecule has 0 aliphatic heterocycles. The molecule has 1 fully saturated rings. The second kappa shape index (κ2) is 5.61. The lowest BCUT2D eigenvalue weighted by Gasteiger charge is -2.23. The molecule has 1 aliphatic carbocycles. The first-order chi connectivity index (χ1) is 8.15. The van der Waals surface area contributed by atoms with Crippen LogP contribution in [0.25, 0.3) is 0 Å². The van der Waals surface area contributed by atoms with Crippen LogP contribution in [0.15, 0.2) is 24.3 Å². The molecule has 1 aliphatic rings. The van der Waals surface area contributed by atoms with Crippen LogP contribution in [0.2, 0.25) is 0 Å². The molecular weight excluding hydrogens is 215 g/mol. The standard InChI is InChI=1S/C14H21FN2/c1-17(10-12-3-2-4-14(12)16)9-11-5-7-13(15)8-6-11/h5-8,12,14H,2-4,9-10,16H2,1H3. The summed E-state index contributed by atoms with van der Waals surface area (Å²) < 4.78 is 12.8. The number of hydrogen-bond donors (Lipinski definition) is 1. The van der Waals surface area contributed by atoms with Gasteiger partial charge in [0.25, 0.3) is 0 Å². The second-order valence-corrected chi connectivity index (χ2v) is 5.18. The zero-order valence-corrected chi connectivity index (χ0v) is 10.4. The normalized spacial score (nSPS) is 24.5. The summed E-state index contributed by atoms with van der Waals surface area (Å²) in [6, 6.07) is 7.10. The molecule has 0 aromatic heterocycles. The molecule has 0 bridgehead atoms. The fraction of sp³-hybridized carbons (Fsp3) is 0.571. The molecule has 0 spiro atoms. The van der Waals surface area contributed by atoms with Crippen LogP contribution in [0.1, 0.15) is 24.8 Å². The van der Waals surface area contributed by atoms with Crippen LogP contribution >= 0.6 is 0 Å². The summed E-state index contributed by atoms with van der Waals surface area (Å²) in [5, 5.41) is 0. The van der Waals surface area contributed by atoms with Gasteiger partial charge in [-0.15, -0.1) is 0 Å². The first-order valence-corrected chi connectivity index (χ1v) is 6.33. The first-order valence-electron chi connectivity index (χ1n) is 6.33. The van der Waals surface area contributed by atoms with E-state index in [9.17, 15) is 4.39 Å². The highest BCUT2D eigenvalue weighted by molar-refractivity contribution is 5.15. The van der Waals surface area contributed by atoms with Crippen molar-refractivity contribution in [2.45, 2.75) is 31.8 Å². The fourth-order valence-electron chi connectivity index (χ4n) is 2.66. The van der Waals surface area contributed by atoms with Crippen molar-refractivity contribution in [1.82, 2.24) is 4.90 Å². The van der Waals surface area contributed by atoms with E-state index in [1.807, 2.05) is 12.1 Å². The number of nitrogens with zero attached hydrogens (tertiary/aromatic N) is 1. The number of hydrogen-bond acceptors (Lipinski definition) is 2. The maximum Gasteiger partial charge on any atom is 0.123 e. The van der Waals surface area contributed by atoms with Gasteiger partial charge >= 0.3 is 0 Å². The van der Waals surface area contributed by atoms with E-state index in [0.717, 1.165) is 25.1 Å². The Hall–Kier alpha value is -0.930. The molecule has 17 heavy (non-hydrogen) atoms. The summed E-state index contributed by atoms with van der Waals surface area (Å²) in [6.07, 6.45) is 3.67. The molecule has 1 saturated carbocycles. The van der Waals surface area contributed by atoms with Crippen molar-refractivity contribution < 1.29 is 4.39 Å². The highest BCUT2D eigenvalue weighted by Gasteiger charge is 2.24. The van der Waals surface area contributed by atoms with Crippen LogP contribution in [0.5, 0.6) is 0 Å². The Morgan fingerprint density at radius 1 is 1.29 bits per heavy atom. The molecule has 2 rings (SSSR count). The molecule has 2 N–H and O–H groups in total. The summed E-state index contributed by atoms with van der Waals surface area (Å²) in [5.74, 6) is 0.453. The van der Waals surface area contributed by atoms with Crippen LogP contribution in [-0.4, -0.2) is 24.5 Å². The Kier molecular flexibility index (Phi) is 4.13. The lowest BCUT2D eigenvalue weighted by Crippen LogP contribution is -2.34. The van der Waals surface area contributed by atoms with Crippen LogP contribution in [-0.2, 0) is 6.54 Å². The van der Waals surface area contributed by atoms with Crippen molar-refractivity contribution in [3.63, 3.8) is 0 Å². The van der Waals surface area contributed by atoms with Gasteiger partial charge in [-0.3, -0.25) is 0 Å². The van der Waals surface area contributed by atoms with Crippen molar-refractivity contribution in [1.29, 1.82) is 0 Å². The molecule has 0 amide bonds. The average Bonchev–Trinajstić information content (AvgIpc) is 2.68. The molecule has 2 nitrogen and oxygen atoms in total. The van der Waals surface area contributed by atoms with E-state index in [0.29, 0.717) is 12.0 Å². The van der Waals surface area contributed by atoms with Gasteiger partial charge in [-0.25, -0.2) is 4.39 Å². The van der Waals surface area contributed by atoms with Crippen LogP contribution < -0.4 is 5.73 Å². The number of rotatable bonds is 4. The Morgan fingerprint density at radius 2 is 2.00 bits per heavy atom. The van der Waals surface area contributed by atoms with E-state index in [4.69, 9.17) is 5.73 Å². The maximum atomic E-state index is 12.8. The summed E-state index contributed by atoms with van der Waals surface area (Å²) in [6.45, 7) is 1.90. The van der Waals surface area contributed by atoms with Gasteiger partial charge in [0, 0.05) is 19.1 Å². The summed E-state index contributed by atoms with van der Waals surface area (Å²) in [4.78, 5) is 2.28. The van der Waals surface area contributed by atoms with Gasteiger partial charge in [0.05, 0.1) is 0 Å². The van der Waals surface area contributed by atoms with Crippen molar-refractivity contribution in [2.24, 2.45) is 11.7 Å². The van der Waals surface area contributed by atoms with E-state index >= 15 is 0 Å². The SMILES string of the molecule is CN(Cc1ccc(F)cc1)CC1CCCC1N. The van der Waals surface area contributed by atoms with E-state index in [1.54, 1.807) is 0 Å². The highest BCUT2D eigenvalue weighted by Crippen LogP contribution is 2.24. The largest absolute Gasteiger partial charge is 0.327 e. The third kappa shape index (κ3) is 3.51. The second-order valence-electron chi connectivity index (χ2n) is 5.18. The molecule has 1 aromatic rings. The van der Waals surface area contributed by atoms with Crippen LogP contribution in [0.3, 0.4) is 0 Å². The molecule has 0 heterocycles. The Balaban J connectivity index is 1.84. The molecule has 94 valence electrons. The molecule has 0 saturated heterocycles. The predicted octanol–water partition coefficient (Wildman–Crippen LogP) is 2.38. The fourth-order valence-corrected chi connectivity index (χ4v) is 2.66. The van der Waals surface area contributed by atoms with Gasteiger partial charge < -0.3 is 10.6 Å². The summed E-state index contributed by atoms with van der Waals surface area (Å²) >= 11 is 0. The summed E-state index contributed by atoms with van der Waals surface area (Å²) in [5.41, 5.74) is 7.22. The molecule has 2 atom stereocenters. The lowest BCUT2D eigenvalue weighted by atomic mass is 10.0. The monoisotopic (exact) mass is 236 g/mol. The van der Waals surface area contributed by atoms with Crippen molar-refractivity contribution >= 4 is 0 Å². The van der Waals surface area contributed by atoms with Gasteiger partial charge in [-0.05, 0) is 43.5 Å². The third-order valence-electron chi connectivity index (χ3n) is 3.63. The number of halogens is 1. The van der Waals surface area contributed by atoms with E-state index in [2.05, 4.69) is 11.9 Å². The zero-order valence-electron chi connectivity index (χ0n) is 10.4. The molecule has 1 aromatic carbocycles. The highest BCUT2D eigenvalue weighted by atomic mass is 19.1. The minimum Gasteiger partial charge on any atom is -0.327 e. The Labute approximate surface area is 103 Å². The Bertz CT molecular complexity index is 350. The van der Waals surface area contributed by atoms with E-state index < -0.39 is 0 Å². The molecule has 3 heteroatoms. The van der Waals surface area contributed by atoms with E-state index in [1.165, 1.54) is 25.0 Å². The molecular formula is C14H21FN2. The van der Waals surface area contributed by atoms with Gasteiger partial charge in [-0.1, -0.05) is 18.6 Å². The smallest absolute Gasteiger partial charge is 0.123 e. The Morgan fingerprint density at radius 3 is 2.59 bits per heavy atom. The van der Waals surface area contributed by atoms with Crippen molar-refractivity contribution in [2.75, 3.05) is 13.6 Å².